The van der Waals surface area contributed by atoms with Crippen molar-refractivity contribution in [2.45, 2.75) is 19.3 Å². The number of benzene rings is 2. The predicted molar refractivity (Wildman–Crippen MR) is 106 cm³/mol. The zero-order chi connectivity index (χ0) is 19.2. The molecule has 0 saturated carbocycles. The second kappa shape index (κ2) is 8.94. The van der Waals surface area contributed by atoms with Gasteiger partial charge in [0.2, 0.25) is 5.91 Å². The van der Waals surface area contributed by atoms with Crippen molar-refractivity contribution in [3.8, 4) is 6.07 Å². The summed E-state index contributed by atoms with van der Waals surface area (Å²) in [5.74, 6) is 0.168. The van der Waals surface area contributed by atoms with Gasteiger partial charge in [-0.05, 0) is 36.2 Å². The first-order chi connectivity index (χ1) is 13.1. The van der Waals surface area contributed by atoms with E-state index in [1.165, 1.54) is 0 Å². The molecule has 2 aromatic rings. The van der Waals surface area contributed by atoms with Crippen molar-refractivity contribution in [1.82, 2.24) is 10.0 Å². The van der Waals surface area contributed by atoms with Crippen molar-refractivity contribution >= 4 is 27.6 Å². The minimum atomic E-state index is 0.0719. The molecule has 6 heteroatoms. The second-order valence-electron chi connectivity index (χ2n) is 6.46. The molecule has 3 rings (SSSR count). The molecular formula is C21H20BrN3O2. The summed E-state index contributed by atoms with van der Waals surface area (Å²) >= 11 is 3.38. The molecule has 5 nitrogen and oxygen atoms in total. The first-order valence-electron chi connectivity index (χ1n) is 8.90. The molecule has 1 heterocycles. The Kier molecular flexibility index (Phi) is 6.38. The first-order valence-corrected chi connectivity index (χ1v) is 9.69. The SMILES string of the molecule is N#Cc1ccc(CCN2C(=O)CCN2CCC(=O)c2cccc(Br)c2)cc1. The third-order valence-electron chi connectivity index (χ3n) is 4.65. The van der Waals surface area contributed by atoms with Gasteiger partial charge in [0, 0.05) is 42.5 Å². The first kappa shape index (κ1) is 19.3. The van der Waals surface area contributed by atoms with Crippen LogP contribution in [0.25, 0.3) is 0 Å². The largest absolute Gasteiger partial charge is 0.294 e. The molecule has 0 aromatic heterocycles. The fourth-order valence-corrected chi connectivity index (χ4v) is 3.55. The summed E-state index contributed by atoms with van der Waals surface area (Å²) in [6.45, 7) is 1.76. The third-order valence-corrected chi connectivity index (χ3v) is 5.15. The maximum Gasteiger partial charge on any atom is 0.238 e. The summed E-state index contributed by atoms with van der Waals surface area (Å²) in [7, 11) is 0. The highest BCUT2D eigenvalue weighted by Gasteiger charge is 2.28. The number of carbonyl (C=O) groups excluding carboxylic acids is 2. The van der Waals surface area contributed by atoms with Crippen LogP contribution in [0.15, 0.2) is 53.0 Å². The van der Waals surface area contributed by atoms with Crippen LogP contribution in [0.3, 0.4) is 0 Å². The molecule has 0 N–H and O–H groups in total. The molecule has 0 spiro atoms. The molecule has 0 bridgehead atoms. The van der Waals surface area contributed by atoms with Crippen molar-refractivity contribution in [1.29, 1.82) is 5.26 Å². The average Bonchev–Trinajstić information content (AvgIpc) is 3.04. The van der Waals surface area contributed by atoms with E-state index < -0.39 is 0 Å². The monoisotopic (exact) mass is 425 g/mol. The van der Waals surface area contributed by atoms with Gasteiger partial charge >= 0.3 is 0 Å². The number of hydrazine groups is 1. The van der Waals surface area contributed by atoms with Gasteiger partial charge < -0.3 is 0 Å². The van der Waals surface area contributed by atoms with E-state index in [0.29, 0.717) is 50.0 Å². The molecule has 0 atom stereocenters. The Morgan fingerprint density at radius 3 is 2.63 bits per heavy atom. The van der Waals surface area contributed by atoms with Gasteiger partial charge in [-0.15, -0.1) is 0 Å². The second-order valence-corrected chi connectivity index (χ2v) is 7.38. The summed E-state index contributed by atoms with van der Waals surface area (Å²) in [5, 5.41) is 12.6. The van der Waals surface area contributed by atoms with E-state index in [0.717, 1.165) is 10.0 Å². The third kappa shape index (κ3) is 5.03. The van der Waals surface area contributed by atoms with E-state index in [2.05, 4.69) is 22.0 Å². The molecule has 0 radical (unpaired) electrons. The van der Waals surface area contributed by atoms with E-state index in [-0.39, 0.29) is 11.7 Å². The van der Waals surface area contributed by atoms with E-state index in [9.17, 15) is 9.59 Å². The smallest absolute Gasteiger partial charge is 0.238 e. The minimum Gasteiger partial charge on any atom is -0.294 e. The van der Waals surface area contributed by atoms with Gasteiger partial charge in [-0.3, -0.25) is 14.6 Å². The molecule has 2 aromatic carbocycles. The molecule has 0 aliphatic carbocycles. The Labute approximate surface area is 167 Å². The lowest BCUT2D eigenvalue weighted by Crippen LogP contribution is -2.41. The van der Waals surface area contributed by atoms with E-state index in [1.54, 1.807) is 17.1 Å². The fraction of sp³-hybridized carbons (Fsp3) is 0.286. The molecule has 1 saturated heterocycles. The minimum absolute atomic E-state index is 0.0719. The number of ketones is 1. The Hall–Kier alpha value is -2.49. The number of rotatable bonds is 7. The van der Waals surface area contributed by atoms with Gasteiger partial charge in [0.25, 0.3) is 0 Å². The fourth-order valence-electron chi connectivity index (χ4n) is 3.15. The van der Waals surface area contributed by atoms with Crippen LogP contribution in [0.4, 0.5) is 0 Å². The summed E-state index contributed by atoms with van der Waals surface area (Å²) in [4.78, 5) is 24.6. The number of hydrogen-bond acceptors (Lipinski definition) is 4. The van der Waals surface area contributed by atoms with Gasteiger partial charge in [-0.1, -0.05) is 40.2 Å². The van der Waals surface area contributed by atoms with Crippen LogP contribution in [0.5, 0.6) is 0 Å². The number of hydrogen-bond donors (Lipinski definition) is 0. The molecule has 138 valence electrons. The maximum atomic E-state index is 12.4. The van der Waals surface area contributed by atoms with Gasteiger partial charge in [0.1, 0.15) is 0 Å². The van der Waals surface area contributed by atoms with E-state index in [4.69, 9.17) is 5.26 Å². The van der Waals surface area contributed by atoms with Crippen LogP contribution in [-0.4, -0.2) is 41.3 Å². The lowest BCUT2D eigenvalue weighted by molar-refractivity contribution is -0.137. The van der Waals surface area contributed by atoms with Crippen molar-refractivity contribution in [2.75, 3.05) is 19.6 Å². The maximum absolute atomic E-state index is 12.4. The summed E-state index contributed by atoms with van der Waals surface area (Å²) < 4.78 is 0.883. The highest BCUT2D eigenvalue weighted by molar-refractivity contribution is 9.10. The van der Waals surface area contributed by atoms with Gasteiger partial charge in [-0.2, -0.15) is 5.26 Å². The molecule has 27 heavy (non-hydrogen) atoms. The highest BCUT2D eigenvalue weighted by atomic mass is 79.9. The number of halogens is 1. The Morgan fingerprint density at radius 1 is 1.15 bits per heavy atom. The van der Waals surface area contributed by atoms with Crippen LogP contribution < -0.4 is 0 Å². The summed E-state index contributed by atoms with van der Waals surface area (Å²) in [5.41, 5.74) is 2.39. The van der Waals surface area contributed by atoms with Crippen molar-refractivity contribution < 1.29 is 9.59 Å². The Balaban J connectivity index is 1.55. The Morgan fingerprint density at radius 2 is 1.93 bits per heavy atom. The number of nitrogens with zero attached hydrogens (tertiary/aromatic N) is 3. The quantitative estimate of drug-likeness (QED) is 0.635. The number of carbonyl (C=O) groups is 2. The van der Waals surface area contributed by atoms with Crippen LogP contribution in [0.2, 0.25) is 0 Å². The zero-order valence-corrected chi connectivity index (χ0v) is 16.5. The summed E-state index contributed by atoms with van der Waals surface area (Å²) in [6, 6.07) is 16.9. The van der Waals surface area contributed by atoms with E-state index in [1.807, 2.05) is 41.4 Å². The predicted octanol–water partition coefficient (Wildman–Crippen LogP) is 3.59. The van der Waals surface area contributed by atoms with Crippen LogP contribution >= 0.6 is 15.9 Å². The normalized spacial score (nSPS) is 14.4. The lowest BCUT2D eigenvalue weighted by atomic mass is 10.1. The lowest BCUT2D eigenvalue weighted by Gasteiger charge is -2.27. The van der Waals surface area contributed by atoms with Gasteiger partial charge in [0.05, 0.1) is 11.6 Å². The molecule has 1 amide bonds. The van der Waals surface area contributed by atoms with E-state index >= 15 is 0 Å². The van der Waals surface area contributed by atoms with Crippen molar-refractivity contribution in [2.24, 2.45) is 0 Å². The number of Topliss-reactive ketones (excluding diaryl/α,β-unsaturated/α-hetero) is 1. The van der Waals surface area contributed by atoms with Gasteiger partial charge in [0.15, 0.2) is 5.78 Å². The molecule has 1 aliphatic rings. The zero-order valence-electron chi connectivity index (χ0n) is 14.9. The summed E-state index contributed by atoms with van der Waals surface area (Å²) in [6.07, 6.45) is 1.57. The average molecular weight is 426 g/mol. The van der Waals surface area contributed by atoms with Gasteiger partial charge in [-0.25, -0.2) is 5.01 Å². The highest BCUT2D eigenvalue weighted by Crippen LogP contribution is 2.17. The van der Waals surface area contributed by atoms with Crippen molar-refractivity contribution in [3.05, 3.63) is 69.7 Å². The topological polar surface area (TPSA) is 64.4 Å². The number of nitriles is 1. The molecule has 0 unspecified atom stereocenters. The molecule has 1 fully saturated rings. The molecular weight excluding hydrogens is 406 g/mol. The van der Waals surface area contributed by atoms with Crippen LogP contribution in [0.1, 0.15) is 34.3 Å². The number of amides is 1. The standard InChI is InChI=1S/C21H20BrN3O2/c22-19-3-1-2-18(14-19)20(26)9-11-24-12-10-21(27)25(24)13-8-16-4-6-17(15-23)7-5-16/h1-7,14H,8-13H2. The van der Waals surface area contributed by atoms with Crippen LogP contribution in [-0.2, 0) is 11.2 Å². The van der Waals surface area contributed by atoms with Crippen LogP contribution in [0, 0.1) is 11.3 Å². The molecule has 1 aliphatic heterocycles. The van der Waals surface area contributed by atoms with Crippen molar-refractivity contribution in [3.63, 3.8) is 0 Å². The Bertz CT molecular complexity index is 874.